The number of H-pyrrole nitrogens is 1. The van der Waals surface area contributed by atoms with Gasteiger partial charge in [-0.05, 0) is 48.7 Å². The number of anilines is 1. The molecule has 0 bridgehead atoms. The maximum Gasteiger partial charge on any atom is 0.276 e. The lowest BCUT2D eigenvalue weighted by Gasteiger charge is -2.06. The molecule has 4 aromatic rings. The second-order valence-electron chi connectivity index (χ2n) is 6.46. The van der Waals surface area contributed by atoms with Crippen LogP contribution in [0, 0.1) is 0 Å². The molecule has 26 heavy (non-hydrogen) atoms. The highest BCUT2D eigenvalue weighted by Gasteiger charge is 2.26. The molecule has 5 rings (SSSR count). The van der Waals surface area contributed by atoms with E-state index >= 15 is 0 Å². The van der Waals surface area contributed by atoms with Crippen LogP contribution in [0.4, 0.5) is 5.69 Å². The summed E-state index contributed by atoms with van der Waals surface area (Å²) in [4.78, 5) is 17.1. The Morgan fingerprint density at radius 3 is 2.69 bits per heavy atom. The first-order valence-electron chi connectivity index (χ1n) is 8.54. The zero-order chi connectivity index (χ0) is 17.5. The van der Waals surface area contributed by atoms with Crippen LogP contribution in [0.25, 0.3) is 16.9 Å². The summed E-state index contributed by atoms with van der Waals surface area (Å²) in [5.74, 6) is 0.310. The molecule has 2 N–H and O–H groups in total. The Labute approximate surface area is 149 Å². The van der Waals surface area contributed by atoms with E-state index in [1.807, 2.05) is 42.6 Å². The molecule has 1 saturated carbocycles. The van der Waals surface area contributed by atoms with Crippen LogP contribution in [0.3, 0.4) is 0 Å². The van der Waals surface area contributed by atoms with Crippen molar-refractivity contribution in [3.05, 3.63) is 66.2 Å². The SMILES string of the molecule is O=C(Nc1ccc(-c2ccn[nH]2)cc1)c1ccc2nc(C3CC3)cn2n1. The predicted molar refractivity (Wildman–Crippen MR) is 96.9 cm³/mol. The molecule has 1 aliphatic carbocycles. The van der Waals surface area contributed by atoms with Gasteiger partial charge in [-0.1, -0.05) is 12.1 Å². The molecule has 0 aliphatic heterocycles. The Kier molecular flexibility index (Phi) is 3.31. The molecule has 0 unspecified atom stereocenters. The van der Waals surface area contributed by atoms with E-state index in [9.17, 15) is 4.79 Å². The fraction of sp³-hybridized carbons (Fsp3) is 0.158. The van der Waals surface area contributed by atoms with Gasteiger partial charge in [0, 0.05) is 17.8 Å². The lowest BCUT2D eigenvalue weighted by molar-refractivity contribution is 0.102. The first-order valence-corrected chi connectivity index (χ1v) is 8.54. The Bertz CT molecular complexity index is 1080. The zero-order valence-electron chi connectivity index (χ0n) is 13.9. The Balaban J connectivity index is 1.35. The van der Waals surface area contributed by atoms with Gasteiger partial charge in [-0.15, -0.1) is 0 Å². The van der Waals surface area contributed by atoms with E-state index < -0.39 is 0 Å². The Morgan fingerprint density at radius 2 is 1.96 bits per heavy atom. The number of nitrogens with one attached hydrogen (secondary N) is 2. The lowest BCUT2D eigenvalue weighted by atomic mass is 10.1. The highest BCUT2D eigenvalue weighted by Crippen LogP contribution is 2.39. The summed E-state index contributed by atoms with van der Waals surface area (Å²) in [5, 5.41) is 14.1. The topological polar surface area (TPSA) is 88.0 Å². The molecule has 1 aromatic carbocycles. The van der Waals surface area contributed by atoms with Crippen LogP contribution >= 0.6 is 0 Å². The summed E-state index contributed by atoms with van der Waals surface area (Å²) < 4.78 is 1.68. The maximum atomic E-state index is 12.5. The van der Waals surface area contributed by atoms with Crippen molar-refractivity contribution in [2.75, 3.05) is 5.32 Å². The number of imidazole rings is 1. The quantitative estimate of drug-likeness (QED) is 0.595. The van der Waals surface area contributed by atoms with Crippen LogP contribution in [0.5, 0.6) is 0 Å². The Hall–Kier alpha value is -3.48. The molecule has 0 saturated heterocycles. The van der Waals surface area contributed by atoms with E-state index in [4.69, 9.17) is 0 Å². The average Bonchev–Trinajstić information content (AvgIpc) is 3.19. The van der Waals surface area contributed by atoms with Crippen LogP contribution in [0.15, 0.2) is 54.9 Å². The van der Waals surface area contributed by atoms with Gasteiger partial charge in [0.05, 0.1) is 17.6 Å². The van der Waals surface area contributed by atoms with Crippen molar-refractivity contribution in [1.29, 1.82) is 0 Å². The van der Waals surface area contributed by atoms with Crippen LogP contribution < -0.4 is 5.32 Å². The molecule has 1 fully saturated rings. The van der Waals surface area contributed by atoms with E-state index in [-0.39, 0.29) is 5.91 Å². The van der Waals surface area contributed by atoms with Crippen molar-refractivity contribution < 1.29 is 4.79 Å². The number of fused-ring (bicyclic) bond motifs is 1. The number of aromatic nitrogens is 5. The standard InChI is InChI=1S/C19H16N6O/c26-19(21-14-5-3-12(4-6-14)15-9-10-20-23-15)16-7-8-18-22-17(13-1-2-13)11-25(18)24-16/h3-11,13H,1-2H2,(H,20,23)(H,21,26). The van der Waals surface area contributed by atoms with E-state index in [1.165, 1.54) is 12.8 Å². The van der Waals surface area contributed by atoms with E-state index in [0.717, 1.165) is 22.6 Å². The van der Waals surface area contributed by atoms with Gasteiger partial charge in [-0.3, -0.25) is 9.89 Å². The normalized spacial score (nSPS) is 13.8. The van der Waals surface area contributed by atoms with Crippen molar-refractivity contribution in [3.63, 3.8) is 0 Å². The van der Waals surface area contributed by atoms with Gasteiger partial charge < -0.3 is 5.32 Å². The summed E-state index contributed by atoms with van der Waals surface area (Å²) in [6, 6.07) is 13.0. The summed E-state index contributed by atoms with van der Waals surface area (Å²) in [6.07, 6.45) is 6.00. The van der Waals surface area contributed by atoms with Gasteiger partial charge in [0.15, 0.2) is 5.65 Å². The monoisotopic (exact) mass is 344 g/mol. The second-order valence-corrected chi connectivity index (χ2v) is 6.46. The molecule has 0 atom stereocenters. The van der Waals surface area contributed by atoms with Gasteiger partial charge in [-0.25, -0.2) is 9.50 Å². The minimum Gasteiger partial charge on any atom is -0.321 e. The molecular weight excluding hydrogens is 328 g/mol. The number of hydrogen-bond acceptors (Lipinski definition) is 4. The van der Waals surface area contributed by atoms with E-state index in [2.05, 4.69) is 25.6 Å². The van der Waals surface area contributed by atoms with Gasteiger partial charge in [0.25, 0.3) is 5.91 Å². The number of carbonyl (C=O) groups is 1. The van der Waals surface area contributed by atoms with Gasteiger partial charge in [0.2, 0.25) is 0 Å². The Morgan fingerprint density at radius 1 is 1.12 bits per heavy atom. The smallest absolute Gasteiger partial charge is 0.276 e. The summed E-state index contributed by atoms with van der Waals surface area (Å²) in [5.41, 5.74) is 4.84. The van der Waals surface area contributed by atoms with Crippen LogP contribution in [-0.4, -0.2) is 30.7 Å². The number of rotatable bonds is 4. The summed E-state index contributed by atoms with van der Waals surface area (Å²) >= 11 is 0. The van der Waals surface area contributed by atoms with Crippen molar-refractivity contribution in [2.45, 2.75) is 18.8 Å². The molecular formula is C19H16N6O. The van der Waals surface area contributed by atoms with Gasteiger partial charge >= 0.3 is 0 Å². The minimum absolute atomic E-state index is 0.247. The predicted octanol–water partition coefficient (Wildman–Crippen LogP) is 3.25. The largest absolute Gasteiger partial charge is 0.321 e. The van der Waals surface area contributed by atoms with Crippen LogP contribution in [-0.2, 0) is 0 Å². The fourth-order valence-electron chi connectivity index (χ4n) is 2.94. The molecule has 0 spiro atoms. The number of benzene rings is 1. The molecule has 7 heteroatoms. The van der Waals surface area contributed by atoms with Crippen molar-refractivity contribution in [2.24, 2.45) is 0 Å². The maximum absolute atomic E-state index is 12.5. The molecule has 128 valence electrons. The van der Waals surface area contributed by atoms with Gasteiger partial charge in [-0.2, -0.15) is 10.2 Å². The average molecular weight is 344 g/mol. The third kappa shape index (κ3) is 2.73. The van der Waals surface area contributed by atoms with E-state index in [0.29, 0.717) is 17.3 Å². The first-order chi connectivity index (χ1) is 12.8. The molecule has 7 nitrogen and oxygen atoms in total. The number of amides is 1. The second kappa shape index (κ2) is 5.80. The molecule has 0 radical (unpaired) electrons. The van der Waals surface area contributed by atoms with Crippen LogP contribution in [0.1, 0.15) is 34.9 Å². The third-order valence-electron chi connectivity index (χ3n) is 4.52. The highest BCUT2D eigenvalue weighted by atomic mass is 16.1. The molecule has 3 heterocycles. The molecule has 1 aliphatic rings. The number of carbonyl (C=O) groups excluding carboxylic acids is 1. The highest BCUT2D eigenvalue weighted by molar-refractivity contribution is 6.02. The molecule has 1 amide bonds. The summed E-state index contributed by atoms with van der Waals surface area (Å²) in [6.45, 7) is 0. The van der Waals surface area contributed by atoms with Crippen molar-refractivity contribution in [1.82, 2.24) is 24.8 Å². The zero-order valence-corrected chi connectivity index (χ0v) is 13.9. The first kappa shape index (κ1) is 14.8. The van der Waals surface area contributed by atoms with E-state index in [1.54, 1.807) is 16.8 Å². The fourth-order valence-corrected chi connectivity index (χ4v) is 2.94. The number of hydrogen-bond donors (Lipinski definition) is 2. The number of nitrogens with zero attached hydrogens (tertiary/aromatic N) is 4. The van der Waals surface area contributed by atoms with Crippen molar-refractivity contribution >= 4 is 17.2 Å². The minimum atomic E-state index is -0.247. The molecule has 3 aromatic heterocycles. The number of aromatic amines is 1. The lowest BCUT2D eigenvalue weighted by Crippen LogP contribution is -2.15. The van der Waals surface area contributed by atoms with Gasteiger partial charge in [0.1, 0.15) is 5.69 Å². The third-order valence-corrected chi connectivity index (χ3v) is 4.52. The summed E-state index contributed by atoms with van der Waals surface area (Å²) in [7, 11) is 0. The van der Waals surface area contributed by atoms with Crippen molar-refractivity contribution in [3.8, 4) is 11.3 Å². The van der Waals surface area contributed by atoms with Crippen LogP contribution in [0.2, 0.25) is 0 Å².